The quantitative estimate of drug-likeness (QED) is 0.668. The van der Waals surface area contributed by atoms with Crippen molar-refractivity contribution < 1.29 is 14.0 Å². The third-order valence-electron chi connectivity index (χ3n) is 5.74. The molecule has 1 aliphatic heterocycles. The maximum atomic E-state index is 14.9. The number of nitrogens with zero attached hydrogens (tertiary/aromatic N) is 5. The SMILES string of the molecule is CC(C)n1cnnc1-c1cccc(NC(=O)c2cc3c(cc2F)C(C)(C)CC(=O)N3C)n1. The molecule has 2 aromatic heterocycles. The van der Waals surface area contributed by atoms with E-state index in [0.29, 0.717) is 22.8 Å². The molecule has 0 aliphatic carbocycles. The zero-order chi connectivity index (χ0) is 23.2. The second-order valence-corrected chi connectivity index (χ2v) is 8.88. The minimum atomic E-state index is -0.649. The van der Waals surface area contributed by atoms with Crippen LogP contribution in [0.25, 0.3) is 11.5 Å². The average Bonchev–Trinajstić information content (AvgIpc) is 3.22. The predicted molar refractivity (Wildman–Crippen MR) is 119 cm³/mol. The second-order valence-electron chi connectivity index (χ2n) is 8.88. The van der Waals surface area contributed by atoms with Gasteiger partial charge in [-0.1, -0.05) is 19.9 Å². The van der Waals surface area contributed by atoms with Gasteiger partial charge >= 0.3 is 0 Å². The van der Waals surface area contributed by atoms with Crippen molar-refractivity contribution >= 4 is 23.3 Å². The lowest BCUT2D eigenvalue weighted by atomic mass is 9.77. The van der Waals surface area contributed by atoms with E-state index in [1.807, 2.05) is 32.3 Å². The molecule has 1 aromatic carbocycles. The molecule has 2 amide bonds. The van der Waals surface area contributed by atoms with Crippen molar-refractivity contribution in [2.75, 3.05) is 17.3 Å². The van der Waals surface area contributed by atoms with Crippen molar-refractivity contribution in [2.45, 2.75) is 45.6 Å². The van der Waals surface area contributed by atoms with Crippen molar-refractivity contribution in [3.05, 3.63) is 53.6 Å². The van der Waals surface area contributed by atoms with Gasteiger partial charge in [-0.3, -0.25) is 9.59 Å². The molecule has 0 spiro atoms. The zero-order valence-electron chi connectivity index (χ0n) is 18.7. The fourth-order valence-corrected chi connectivity index (χ4v) is 3.90. The minimum Gasteiger partial charge on any atom is -0.315 e. The summed E-state index contributed by atoms with van der Waals surface area (Å²) in [6, 6.07) is 8.02. The van der Waals surface area contributed by atoms with Crippen LogP contribution < -0.4 is 10.2 Å². The van der Waals surface area contributed by atoms with Gasteiger partial charge in [0.25, 0.3) is 5.91 Å². The first kappa shape index (κ1) is 21.6. The number of pyridine rings is 1. The second kappa shape index (κ2) is 7.81. The summed E-state index contributed by atoms with van der Waals surface area (Å²) in [5.74, 6) is -0.549. The van der Waals surface area contributed by atoms with Crippen molar-refractivity contribution in [3.8, 4) is 11.5 Å². The Labute approximate surface area is 185 Å². The monoisotopic (exact) mass is 436 g/mol. The number of benzene rings is 1. The highest BCUT2D eigenvalue weighted by atomic mass is 19.1. The Balaban J connectivity index is 1.66. The van der Waals surface area contributed by atoms with Crippen LogP contribution in [-0.2, 0) is 10.2 Å². The summed E-state index contributed by atoms with van der Waals surface area (Å²) in [5.41, 5.74) is 1.09. The molecule has 1 aliphatic rings. The van der Waals surface area contributed by atoms with Gasteiger partial charge in [0.1, 0.15) is 23.7 Å². The van der Waals surface area contributed by atoms with Gasteiger partial charge in [-0.25, -0.2) is 9.37 Å². The summed E-state index contributed by atoms with van der Waals surface area (Å²) >= 11 is 0. The molecule has 0 radical (unpaired) electrons. The molecule has 0 unspecified atom stereocenters. The van der Waals surface area contributed by atoms with Crippen molar-refractivity contribution in [1.29, 1.82) is 0 Å². The first-order valence-corrected chi connectivity index (χ1v) is 10.4. The fourth-order valence-electron chi connectivity index (χ4n) is 3.90. The molecule has 0 saturated heterocycles. The smallest absolute Gasteiger partial charge is 0.259 e. The molecule has 3 aromatic rings. The van der Waals surface area contributed by atoms with Crippen LogP contribution in [0.4, 0.5) is 15.9 Å². The van der Waals surface area contributed by atoms with E-state index in [-0.39, 0.29) is 29.8 Å². The van der Waals surface area contributed by atoms with E-state index in [0.717, 1.165) is 0 Å². The van der Waals surface area contributed by atoms with E-state index in [2.05, 4.69) is 20.5 Å². The maximum absolute atomic E-state index is 14.9. The average molecular weight is 436 g/mol. The number of carbonyl (C=O) groups is 2. The Bertz CT molecular complexity index is 1220. The van der Waals surface area contributed by atoms with Crippen LogP contribution in [0.15, 0.2) is 36.7 Å². The summed E-state index contributed by atoms with van der Waals surface area (Å²) in [6.07, 6.45) is 1.90. The number of hydrogen-bond donors (Lipinski definition) is 1. The number of amides is 2. The lowest BCUT2D eigenvalue weighted by molar-refractivity contribution is -0.119. The highest BCUT2D eigenvalue weighted by Gasteiger charge is 2.36. The first-order valence-electron chi connectivity index (χ1n) is 10.4. The third kappa shape index (κ3) is 3.74. The summed E-state index contributed by atoms with van der Waals surface area (Å²) < 4.78 is 16.8. The third-order valence-corrected chi connectivity index (χ3v) is 5.74. The number of halogens is 1. The van der Waals surface area contributed by atoms with Gasteiger partial charge in [0, 0.05) is 30.6 Å². The molecule has 0 atom stereocenters. The van der Waals surface area contributed by atoms with Gasteiger partial charge in [-0.05, 0) is 43.7 Å². The minimum absolute atomic E-state index is 0.0795. The Kier molecular flexibility index (Phi) is 5.28. The molecular formula is C23H25FN6O2. The summed E-state index contributed by atoms with van der Waals surface area (Å²) in [5, 5.41) is 10.7. The number of anilines is 2. The standard InChI is InChI=1S/C23H25FN6O2/c1-13(2)30-12-25-28-21(30)17-7-6-8-19(26-17)27-22(32)14-9-18-15(10-16(14)24)23(3,4)11-20(31)29(18)5/h6-10,12-13H,11H2,1-5H3,(H,26,27,32). The fraction of sp³-hybridized carbons (Fsp3) is 0.348. The topological polar surface area (TPSA) is 93.0 Å². The van der Waals surface area contributed by atoms with E-state index in [1.54, 1.807) is 31.6 Å². The summed E-state index contributed by atoms with van der Waals surface area (Å²) in [7, 11) is 1.63. The Morgan fingerprint density at radius 3 is 2.72 bits per heavy atom. The number of fused-ring (bicyclic) bond motifs is 1. The molecule has 32 heavy (non-hydrogen) atoms. The Morgan fingerprint density at radius 2 is 2.00 bits per heavy atom. The highest BCUT2D eigenvalue weighted by Crippen LogP contribution is 2.40. The van der Waals surface area contributed by atoms with Crippen LogP contribution in [0.1, 0.15) is 56.1 Å². The van der Waals surface area contributed by atoms with E-state index >= 15 is 0 Å². The van der Waals surface area contributed by atoms with Gasteiger partial charge in [0.05, 0.1) is 5.56 Å². The number of aromatic nitrogens is 4. The molecule has 3 heterocycles. The zero-order valence-corrected chi connectivity index (χ0v) is 18.7. The molecule has 9 heteroatoms. The largest absolute Gasteiger partial charge is 0.315 e. The van der Waals surface area contributed by atoms with E-state index in [9.17, 15) is 14.0 Å². The maximum Gasteiger partial charge on any atom is 0.259 e. The Hall–Kier alpha value is -3.62. The first-order chi connectivity index (χ1) is 15.1. The molecule has 4 rings (SSSR count). The molecule has 0 bridgehead atoms. The normalized spacial score (nSPS) is 15.1. The molecule has 0 fully saturated rings. The van der Waals surface area contributed by atoms with E-state index < -0.39 is 17.1 Å². The lowest BCUT2D eigenvalue weighted by Gasteiger charge is -2.37. The van der Waals surface area contributed by atoms with E-state index in [1.165, 1.54) is 17.0 Å². The van der Waals surface area contributed by atoms with Gasteiger partial charge in [-0.15, -0.1) is 10.2 Å². The number of nitrogens with one attached hydrogen (secondary N) is 1. The molecule has 0 saturated carbocycles. The van der Waals surface area contributed by atoms with Crippen molar-refractivity contribution in [3.63, 3.8) is 0 Å². The van der Waals surface area contributed by atoms with Crippen LogP contribution >= 0.6 is 0 Å². The van der Waals surface area contributed by atoms with Crippen LogP contribution in [0.5, 0.6) is 0 Å². The molecular weight excluding hydrogens is 411 g/mol. The predicted octanol–water partition coefficient (Wildman–Crippen LogP) is 3.96. The van der Waals surface area contributed by atoms with E-state index in [4.69, 9.17) is 0 Å². The van der Waals surface area contributed by atoms with Crippen LogP contribution in [-0.4, -0.2) is 38.6 Å². The van der Waals surface area contributed by atoms with Gasteiger partial charge in [0.2, 0.25) is 5.91 Å². The van der Waals surface area contributed by atoms with Crippen molar-refractivity contribution in [2.24, 2.45) is 0 Å². The lowest BCUT2D eigenvalue weighted by Crippen LogP contribution is -2.40. The molecule has 1 N–H and O–H groups in total. The van der Waals surface area contributed by atoms with Gasteiger partial charge in [0.15, 0.2) is 5.82 Å². The summed E-state index contributed by atoms with van der Waals surface area (Å²) in [4.78, 5) is 31.2. The van der Waals surface area contributed by atoms with Gasteiger partial charge < -0.3 is 14.8 Å². The highest BCUT2D eigenvalue weighted by molar-refractivity contribution is 6.06. The number of carbonyl (C=O) groups excluding carboxylic acids is 2. The van der Waals surface area contributed by atoms with Crippen LogP contribution in [0.3, 0.4) is 0 Å². The summed E-state index contributed by atoms with van der Waals surface area (Å²) in [6.45, 7) is 7.78. The van der Waals surface area contributed by atoms with Crippen LogP contribution in [0, 0.1) is 5.82 Å². The molecule has 166 valence electrons. The number of hydrogen-bond acceptors (Lipinski definition) is 5. The van der Waals surface area contributed by atoms with Gasteiger partial charge in [-0.2, -0.15) is 0 Å². The molecule has 8 nitrogen and oxygen atoms in total. The van der Waals surface area contributed by atoms with Crippen LogP contribution in [0.2, 0.25) is 0 Å². The Morgan fingerprint density at radius 1 is 1.25 bits per heavy atom. The van der Waals surface area contributed by atoms with Crippen molar-refractivity contribution in [1.82, 2.24) is 19.7 Å². The number of rotatable bonds is 4.